The van der Waals surface area contributed by atoms with Crippen LogP contribution >= 0.6 is 0 Å². The third-order valence-corrected chi connectivity index (χ3v) is 4.82. The molecule has 2 heterocycles. The van der Waals surface area contributed by atoms with E-state index in [1.807, 2.05) is 18.3 Å². The number of aryl methyl sites for hydroxylation is 2. The van der Waals surface area contributed by atoms with Gasteiger partial charge in [0.05, 0.1) is 5.70 Å². The molecule has 0 radical (unpaired) electrons. The van der Waals surface area contributed by atoms with Crippen molar-refractivity contribution in [3.63, 3.8) is 0 Å². The van der Waals surface area contributed by atoms with Gasteiger partial charge >= 0.3 is 0 Å². The van der Waals surface area contributed by atoms with Crippen LogP contribution in [0.5, 0.6) is 0 Å². The van der Waals surface area contributed by atoms with Gasteiger partial charge in [0.1, 0.15) is 5.84 Å². The molecule has 0 unspecified atom stereocenters. The molecule has 0 fully saturated rings. The molecule has 124 valence electrons. The summed E-state index contributed by atoms with van der Waals surface area (Å²) in [7, 11) is 0. The summed E-state index contributed by atoms with van der Waals surface area (Å²) >= 11 is 0. The second-order valence-corrected chi connectivity index (χ2v) is 6.51. The Labute approximate surface area is 148 Å². The van der Waals surface area contributed by atoms with Gasteiger partial charge in [-0.1, -0.05) is 24.8 Å². The Morgan fingerprint density at radius 3 is 2.64 bits per heavy atom. The Kier molecular flexibility index (Phi) is 3.85. The van der Waals surface area contributed by atoms with E-state index in [4.69, 9.17) is 4.99 Å². The molecule has 0 saturated carbocycles. The minimum Gasteiger partial charge on any atom is -0.294 e. The van der Waals surface area contributed by atoms with Gasteiger partial charge in [-0.25, -0.2) is 4.99 Å². The molecule has 0 saturated heterocycles. The van der Waals surface area contributed by atoms with Gasteiger partial charge in [0.2, 0.25) is 0 Å². The molecule has 4 rings (SSSR count). The second kappa shape index (κ2) is 6.17. The number of hydrogen-bond acceptors (Lipinski definition) is 3. The van der Waals surface area contributed by atoms with E-state index in [1.54, 1.807) is 6.20 Å². The van der Waals surface area contributed by atoms with Crippen molar-refractivity contribution < 1.29 is 0 Å². The number of rotatable bonds is 2. The van der Waals surface area contributed by atoms with E-state index in [9.17, 15) is 0 Å². The molecule has 1 aromatic heterocycles. The monoisotopic (exact) mass is 327 g/mol. The standard InChI is InChI=1S/C22H21N3/c1-15-10-11-19(13-16(15)2)25-17(3)20-8-4-5-9-21(20)24-22(25)18-7-6-12-23-14-18/h6-14H,3-5H2,1-2H3. The Balaban J connectivity index is 1.92. The average molecular weight is 327 g/mol. The number of benzene rings is 1. The first kappa shape index (κ1) is 15.6. The molecule has 0 atom stereocenters. The molecule has 0 amide bonds. The third-order valence-electron chi connectivity index (χ3n) is 4.82. The number of hydrogen-bond donors (Lipinski definition) is 0. The van der Waals surface area contributed by atoms with Gasteiger partial charge in [-0.3, -0.25) is 9.88 Å². The third kappa shape index (κ3) is 2.72. The van der Waals surface area contributed by atoms with E-state index in [0.29, 0.717) is 0 Å². The molecule has 1 aliphatic carbocycles. The van der Waals surface area contributed by atoms with Gasteiger partial charge in [0.25, 0.3) is 0 Å². The molecule has 0 spiro atoms. The van der Waals surface area contributed by atoms with E-state index in [0.717, 1.165) is 46.9 Å². The highest BCUT2D eigenvalue weighted by atomic mass is 15.2. The van der Waals surface area contributed by atoms with Crippen LogP contribution in [-0.4, -0.2) is 10.8 Å². The highest BCUT2D eigenvalue weighted by Gasteiger charge is 2.29. The van der Waals surface area contributed by atoms with Crippen molar-refractivity contribution in [3.8, 4) is 0 Å². The van der Waals surface area contributed by atoms with Crippen LogP contribution in [0.1, 0.15) is 29.5 Å². The lowest BCUT2D eigenvalue weighted by molar-refractivity contribution is 0.964. The fourth-order valence-electron chi connectivity index (χ4n) is 3.28. The first-order chi connectivity index (χ1) is 12.1. The normalized spacial score (nSPS) is 16.8. The Hall–Kier alpha value is -2.94. The molecule has 0 bridgehead atoms. The van der Waals surface area contributed by atoms with E-state index in [2.05, 4.69) is 60.7 Å². The Bertz CT molecular complexity index is 933. The second-order valence-electron chi connectivity index (χ2n) is 6.51. The van der Waals surface area contributed by atoms with Gasteiger partial charge in [-0.2, -0.15) is 0 Å². The maximum absolute atomic E-state index is 4.97. The molecule has 25 heavy (non-hydrogen) atoms. The fourth-order valence-corrected chi connectivity index (χ4v) is 3.28. The van der Waals surface area contributed by atoms with Gasteiger partial charge in [0, 0.05) is 34.9 Å². The van der Waals surface area contributed by atoms with Crippen molar-refractivity contribution in [2.24, 2.45) is 4.99 Å². The summed E-state index contributed by atoms with van der Waals surface area (Å²) in [6, 6.07) is 10.5. The van der Waals surface area contributed by atoms with Crippen LogP contribution in [0, 0.1) is 13.8 Å². The summed E-state index contributed by atoms with van der Waals surface area (Å²) in [4.78, 5) is 11.4. The van der Waals surface area contributed by atoms with Crippen LogP contribution in [0.25, 0.3) is 0 Å². The van der Waals surface area contributed by atoms with E-state index < -0.39 is 0 Å². The molecular formula is C22H21N3. The van der Waals surface area contributed by atoms with Crippen molar-refractivity contribution >= 4 is 11.5 Å². The zero-order chi connectivity index (χ0) is 17.4. The molecular weight excluding hydrogens is 306 g/mol. The average Bonchev–Trinajstić information content (AvgIpc) is 2.65. The lowest BCUT2D eigenvalue weighted by Gasteiger charge is -2.35. The van der Waals surface area contributed by atoms with Gasteiger partial charge in [-0.05, 0) is 62.1 Å². The Morgan fingerprint density at radius 1 is 1.04 bits per heavy atom. The first-order valence-electron chi connectivity index (χ1n) is 8.61. The predicted molar refractivity (Wildman–Crippen MR) is 104 cm³/mol. The van der Waals surface area contributed by atoms with Crippen LogP contribution in [0.3, 0.4) is 0 Å². The highest BCUT2D eigenvalue weighted by molar-refractivity contribution is 6.14. The number of amidine groups is 1. The minimum atomic E-state index is 0.881. The maximum Gasteiger partial charge on any atom is 0.147 e. The summed E-state index contributed by atoms with van der Waals surface area (Å²) in [5, 5.41) is 0. The number of fused-ring (bicyclic) bond motifs is 1. The van der Waals surface area contributed by atoms with Gasteiger partial charge < -0.3 is 0 Å². The van der Waals surface area contributed by atoms with Crippen molar-refractivity contribution in [3.05, 3.63) is 95.1 Å². The van der Waals surface area contributed by atoms with Crippen molar-refractivity contribution in [1.82, 2.24) is 4.98 Å². The quantitative estimate of drug-likeness (QED) is 0.769. The molecule has 3 nitrogen and oxygen atoms in total. The Morgan fingerprint density at radius 2 is 1.88 bits per heavy atom. The number of aromatic nitrogens is 1. The smallest absolute Gasteiger partial charge is 0.147 e. The number of aliphatic imine (C=N–C) groups is 1. The minimum absolute atomic E-state index is 0.881. The molecule has 1 aliphatic heterocycles. The molecule has 2 aliphatic rings. The van der Waals surface area contributed by atoms with Crippen molar-refractivity contribution in [2.45, 2.75) is 26.7 Å². The van der Waals surface area contributed by atoms with E-state index in [1.165, 1.54) is 11.1 Å². The largest absolute Gasteiger partial charge is 0.294 e. The zero-order valence-electron chi connectivity index (χ0n) is 14.7. The SMILES string of the molecule is C=C1C2=CCCC=C2N=C(c2cccnc2)N1c1ccc(C)c(C)c1. The first-order valence-corrected chi connectivity index (χ1v) is 8.61. The number of nitrogens with zero attached hydrogens (tertiary/aromatic N) is 3. The maximum atomic E-state index is 4.97. The predicted octanol–water partition coefficient (Wildman–Crippen LogP) is 5.08. The molecule has 3 heteroatoms. The highest BCUT2D eigenvalue weighted by Crippen LogP contribution is 2.37. The fraction of sp³-hybridized carbons (Fsp3) is 0.182. The van der Waals surface area contributed by atoms with E-state index >= 15 is 0 Å². The lowest BCUT2D eigenvalue weighted by Crippen LogP contribution is -2.35. The molecule has 0 N–H and O–H groups in total. The van der Waals surface area contributed by atoms with Gasteiger partial charge in [0.15, 0.2) is 0 Å². The van der Waals surface area contributed by atoms with Gasteiger partial charge in [-0.15, -0.1) is 0 Å². The number of pyridine rings is 1. The summed E-state index contributed by atoms with van der Waals surface area (Å²) in [6.45, 7) is 8.67. The lowest BCUT2D eigenvalue weighted by atomic mass is 9.96. The topological polar surface area (TPSA) is 28.5 Å². The van der Waals surface area contributed by atoms with Crippen LogP contribution in [0.2, 0.25) is 0 Å². The summed E-state index contributed by atoms with van der Waals surface area (Å²) < 4.78 is 0. The van der Waals surface area contributed by atoms with Crippen LogP contribution in [0.15, 0.2) is 83.4 Å². The van der Waals surface area contributed by atoms with Crippen LogP contribution in [0.4, 0.5) is 5.69 Å². The summed E-state index contributed by atoms with van der Waals surface area (Å²) in [5.74, 6) is 0.881. The zero-order valence-corrected chi connectivity index (χ0v) is 14.7. The number of anilines is 1. The summed E-state index contributed by atoms with van der Waals surface area (Å²) in [5.41, 5.74) is 7.75. The summed E-state index contributed by atoms with van der Waals surface area (Å²) in [6.07, 6.45) is 10.2. The molecule has 2 aromatic rings. The molecule has 1 aromatic carbocycles. The van der Waals surface area contributed by atoms with Crippen LogP contribution in [-0.2, 0) is 0 Å². The number of allylic oxidation sites excluding steroid dienone is 2. The van der Waals surface area contributed by atoms with Crippen molar-refractivity contribution in [2.75, 3.05) is 4.90 Å². The van der Waals surface area contributed by atoms with Crippen LogP contribution < -0.4 is 4.90 Å². The van der Waals surface area contributed by atoms with Crippen molar-refractivity contribution in [1.29, 1.82) is 0 Å². The van der Waals surface area contributed by atoms with E-state index in [-0.39, 0.29) is 0 Å².